The summed E-state index contributed by atoms with van der Waals surface area (Å²) in [6, 6.07) is -0.626. The van der Waals surface area contributed by atoms with Crippen LogP contribution in [0.4, 0.5) is 0 Å². The highest BCUT2D eigenvalue weighted by atomic mass is 32.2. The van der Waals surface area contributed by atoms with E-state index in [1.54, 1.807) is 0 Å². The molecule has 0 aromatic carbocycles. The Kier molecular flexibility index (Phi) is 6.37. The predicted octanol–water partition coefficient (Wildman–Crippen LogP) is 0.117. The molecule has 0 aliphatic heterocycles. The van der Waals surface area contributed by atoms with E-state index in [1.807, 2.05) is 0 Å². The molecule has 0 heterocycles. The molecule has 1 amide bonds. The molecule has 0 fully saturated rings. The van der Waals surface area contributed by atoms with Crippen molar-refractivity contribution in [1.29, 1.82) is 0 Å². The van der Waals surface area contributed by atoms with Crippen molar-refractivity contribution < 1.29 is 17.8 Å². The van der Waals surface area contributed by atoms with E-state index in [1.165, 1.54) is 13.8 Å². The van der Waals surface area contributed by atoms with Crippen LogP contribution in [0.1, 0.15) is 13.8 Å². The van der Waals surface area contributed by atoms with Crippen LogP contribution >= 0.6 is 0 Å². The first-order valence-electron chi connectivity index (χ1n) is 3.64. The number of amides is 1. The third-order valence-electron chi connectivity index (χ3n) is 1.23. The lowest BCUT2D eigenvalue weighted by Crippen LogP contribution is -2.37. The largest absolute Gasteiger partial charge is 0.349 e. The Balaban J connectivity index is 0. The second kappa shape index (κ2) is 5.74. The molecule has 0 saturated carbocycles. The molecule has 0 bridgehead atoms. The molecule has 0 aliphatic rings. The summed E-state index contributed by atoms with van der Waals surface area (Å²) < 4.78 is 29.2. The van der Waals surface area contributed by atoms with Gasteiger partial charge in [-0.05, 0) is 13.8 Å². The van der Waals surface area contributed by atoms with E-state index in [0.29, 0.717) is 5.57 Å². The average molecular weight is 224 g/mol. The van der Waals surface area contributed by atoms with Crippen molar-refractivity contribution in [3.05, 3.63) is 12.2 Å². The highest BCUT2D eigenvalue weighted by Crippen LogP contribution is 1.92. The van der Waals surface area contributed by atoms with Crippen molar-refractivity contribution in [2.75, 3.05) is 5.75 Å². The minimum absolute atomic E-state index is 0. The van der Waals surface area contributed by atoms with Gasteiger partial charge in [0.15, 0.2) is 0 Å². The van der Waals surface area contributed by atoms with Crippen molar-refractivity contribution >= 4 is 16.0 Å². The van der Waals surface area contributed by atoms with Crippen LogP contribution in [0.5, 0.6) is 0 Å². The van der Waals surface area contributed by atoms with Gasteiger partial charge in [0.1, 0.15) is 0 Å². The minimum atomic E-state index is -4.04. The lowest BCUT2D eigenvalue weighted by atomic mass is 10.3. The third-order valence-corrected chi connectivity index (χ3v) is 2.15. The summed E-state index contributed by atoms with van der Waals surface area (Å²) in [5, 5.41) is 2.36. The second-order valence-corrected chi connectivity index (χ2v) is 4.40. The summed E-state index contributed by atoms with van der Waals surface area (Å²) in [7, 11) is -4.04. The summed E-state index contributed by atoms with van der Waals surface area (Å²) in [6.07, 6.45) is 0. The maximum atomic E-state index is 11.0. The summed E-state index contributed by atoms with van der Waals surface area (Å²) in [5.41, 5.74) is 0.294. The Labute approximate surface area is 83.7 Å². The summed E-state index contributed by atoms with van der Waals surface area (Å²) in [6.45, 7) is 6.37. The van der Waals surface area contributed by atoms with Gasteiger partial charge in [0.25, 0.3) is 10.1 Å². The predicted molar refractivity (Wildman–Crippen MR) is 53.9 cm³/mol. The molecule has 0 rings (SSSR count). The zero-order valence-electron chi connectivity index (χ0n) is 8.28. The Hall–Kier alpha value is -0.920. The Morgan fingerprint density at radius 2 is 2.00 bits per heavy atom. The standard InChI is InChI=1S/C7H13NO4S.H3N/c1-5(2)7(9)8-6(3)4-13(10,11)12;/h6H,1,4H2,2-3H3,(H,8,9)(H,10,11,12);1H3. The molecule has 0 saturated heterocycles. The van der Waals surface area contributed by atoms with Crippen LogP contribution in [-0.2, 0) is 14.9 Å². The van der Waals surface area contributed by atoms with Crippen LogP contribution in [0.15, 0.2) is 12.2 Å². The average Bonchev–Trinajstić information content (AvgIpc) is 1.81. The third kappa shape index (κ3) is 7.71. The Bertz CT molecular complexity index is 310. The van der Waals surface area contributed by atoms with Crippen molar-refractivity contribution in [3.8, 4) is 0 Å². The normalized spacial score (nSPS) is 12.5. The molecule has 84 valence electrons. The van der Waals surface area contributed by atoms with Crippen molar-refractivity contribution in [3.63, 3.8) is 0 Å². The van der Waals surface area contributed by atoms with Crippen LogP contribution in [0, 0.1) is 0 Å². The second-order valence-electron chi connectivity index (χ2n) is 2.90. The van der Waals surface area contributed by atoms with E-state index < -0.39 is 27.8 Å². The Morgan fingerprint density at radius 1 is 1.57 bits per heavy atom. The number of hydrogen-bond acceptors (Lipinski definition) is 4. The van der Waals surface area contributed by atoms with Gasteiger partial charge in [-0.1, -0.05) is 6.58 Å². The zero-order chi connectivity index (χ0) is 10.6. The van der Waals surface area contributed by atoms with Gasteiger partial charge in [0.2, 0.25) is 5.91 Å². The highest BCUT2D eigenvalue weighted by Gasteiger charge is 2.14. The lowest BCUT2D eigenvalue weighted by molar-refractivity contribution is -0.117. The maximum Gasteiger partial charge on any atom is 0.266 e. The molecule has 1 atom stereocenters. The first-order chi connectivity index (χ1) is 5.72. The first kappa shape index (κ1) is 15.5. The van der Waals surface area contributed by atoms with E-state index in [2.05, 4.69) is 11.9 Å². The van der Waals surface area contributed by atoms with Gasteiger partial charge in [0.05, 0.1) is 5.75 Å². The minimum Gasteiger partial charge on any atom is -0.349 e. The fourth-order valence-electron chi connectivity index (χ4n) is 0.705. The molecule has 7 heteroatoms. The van der Waals surface area contributed by atoms with Gasteiger partial charge in [-0.25, -0.2) is 0 Å². The number of nitrogens with one attached hydrogen (secondary N) is 1. The molecule has 6 nitrogen and oxygen atoms in total. The van der Waals surface area contributed by atoms with Gasteiger partial charge in [-0.15, -0.1) is 0 Å². The SMILES string of the molecule is C=C(C)C(=O)NC(C)CS(=O)(=O)O.N. The number of rotatable bonds is 4. The van der Waals surface area contributed by atoms with Crippen LogP contribution in [0.25, 0.3) is 0 Å². The number of carbonyl (C=O) groups is 1. The van der Waals surface area contributed by atoms with E-state index in [9.17, 15) is 13.2 Å². The molecular formula is C7H16N2O4S. The number of carbonyl (C=O) groups excluding carboxylic acids is 1. The van der Waals surface area contributed by atoms with Crippen LogP contribution in [0.2, 0.25) is 0 Å². The fourth-order valence-corrected chi connectivity index (χ4v) is 1.42. The van der Waals surface area contributed by atoms with E-state index in [-0.39, 0.29) is 6.15 Å². The molecule has 0 spiro atoms. The van der Waals surface area contributed by atoms with E-state index in [0.717, 1.165) is 0 Å². The van der Waals surface area contributed by atoms with Gasteiger partial charge >= 0.3 is 0 Å². The molecular weight excluding hydrogens is 208 g/mol. The summed E-state index contributed by atoms with van der Waals surface area (Å²) in [5.74, 6) is -0.914. The highest BCUT2D eigenvalue weighted by molar-refractivity contribution is 7.85. The Morgan fingerprint density at radius 3 is 2.29 bits per heavy atom. The van der Waals surface area contributed by atoms with Crippen molar-refractivity contribution in [1.82, 2.24) is 11.5 Å². The zero-order valence-corrected chi connectivity index (χ0v) is 9.10. The fraction of sp³-hybridized carbons (Fsp3) is 0.571. The molecule has 14 heavy (non-hydrogen) atoms. The molecule has 0 radical (unpaired) electrons. The van der Waals surface area contributed by atoms with Crippen LogP contribution in [-0.4, -0.2) is 30.7 Å². The summed E-state index contributed by atoms with van der Waals surface area (Å²) in [4.78, 5) is 11.0. The van der Waals surface area contributed by atoms with E-state index >= 15 is 0 Å². The van der Waals surface area contributed by atoms with Gasteiger partial charge < -0.3 is 11.5 Å². The van der Waals surface area contributed by atoms with Crippen molar-refractivity contribution in [2.45, 2.75) is 19.9 Å². The monoisotopic (exact) mass is 224 g/mol. The van der Waals surface area contributed by atoms with Crippen LogP contribution < -0.4 is 11.5 Å². The smallest absolute Gasteiger partial charge is 0.266 e. The quantitative estimate of drug-likeness (QED) is 0.463. The van der Waals surface area contributed by atoms with Crippen molar-refractivity contribution in [2.24, 2.45) is 0 Å². The van der Waals surface area contributed by atoms with Gasteiger partial charge in [0, 0.05) is 11.6 Å². The molecule has 0 aliphatic carbocycles. The van der Waals surface area contributed by atoms with E-state index in [4.69, 9.17) is 4.55 Å². The first-order valence-corrected chi connectivity index (χ1v) is 5.25. The molecule has 1 unspecified atom stereocenters. The van der Waals surface area contributed by atoms with Crippen LogP contribution in [0.3, 0.4) is 0 Å². The molecule has 0 aromatic heterocycles. The number of hydrogen-bond donors (Lipinski definition) is 3. The molecule has 5 N–H and O–H groups in total. The summed E-state index contributed by atoms with van der Waals surface area (Å²) >= 11 is 0. The van der Waals surface area contributed by atoms with Gasteiger partial charge in [-0.2, -0.15) is 8.42 Å². The molecule has 0 aromatic rings. The lowest BCUT2D eigenvalue weighted by Gasteiger charge is -2.11. The topological polar surface area (TPSA) is 118 Å². The maximum absolute atomic E-state index is 11.0. The van der Waals surface area contributed by atoms with Gasteiger partial charge in [-0.3, -0.25) is 9.35 Å².